The van der Waals surface area contributed by atoms with E-state index in [1.807, 2.05) is 0 Å². The second kappa shape index (κ2) is 4.84. The zero-order valence-electron chi connectivity index (χ0n) is 11.5. The normalized spacial score (nSPS) is 20.8. The van der Waals surface area contributed by atoms with Gasteiger partial charge in [0.05, 0.1) is 17.1 Å². The fourth-order valence-corrected chi connectivity index (χ4v) is 4.49. The molecule has 1 N–H and O–H groups in total. The van der Waals surface area contributed by atoms with E-state index in [4.69, 9.17) is 0 Å². The number of aromatic nitrogens is 1. The van der Waals surface area contributed by atoms with E-state index in [0.717, 1.165) is 0 Å². The smallest absolute Gasteiger partial charge is 0.256 e. The Labute approximate surface area is 121 Å². The molecule has 1 atom stereocenters. The van der Waals surface area contributed by atoms with E-state index in [2.05, 4.69) is 4.98 Å². The van der Waals surface area contributed by atoms with Crippen LogP contribution >= 0.6 is 0 Å². The van der Waals surface area contributed by atoms with Gasteiger partial charge in [-0.25, -0.2) is 12.8 Å². The minimum absolute atomic E-state index is 0.00617. The van der Waals surface area contributed by atoms with Crippen LogP contribution in [-0.4, -0.2) is 48.8 Å². The van der Waals surface area contributed by atoms with Crippen molar-refractivity contribution in [2.75, 3.05) is 18.6 Å². The fraction of sp³-hybridized carbons (Fsp3) is 0.357. The Kier molecular flexibility index (Phi) is 3.24. The van der Waals surface area contributed by atoms with Crippen molar-refractivity contribution in [1.29, 1.82) is 0 Å². The maximum atomic E-state index is 13.2. The van der Waals surface area contributed by atoms with Gasteiger partial charge in [0.25, 0.3) is 5.91 Å². The molecule has 3 rings (SSSR count). The molecule has 1 aliphatic rings. The number of carbonyl (C=O) groups is 1. The number of nitrogens with one attached hydrogen (secondary N) is 1. The zero-order chi connectivity index (χ0) is 15.2. The summed E-state index contributed by atoms with van der Waals surface area (Å²) in [5.74, 6) is -0.505. The van der Waals surface area contributed by atoms with E-state index < -0.39 is 9.84 Å². The van der Waals surface area contributed by atoms with Crippen LogP contribution < -0.4 is 0 Å². The van der Waals surface area contributed by atoms with Gasteiger partial charge < -0.3 is 9.88 Å². The summed E-state index contributed by atoms with van der Waals surface area (Å²) in [6.45, 7) is 0. The molecule has 0 aliphatic carbocycles. The van der Waals surface area contributed by atoms with Gasteiger partial charge in [0.1, 0.15) is 5.82 Å². The standard InChI is InChI=1S/C14H15FN2O3S/c1-17(10-4-5-21(19,20)8-10)14(18)12-7-16-13-6-9(15)2-3-11(12)13/h2-3,6-7,10,16H,4-5,8H2,1H3. The number of aromatic amines is 1. The maximum Gasteiger partial charge on any atom is 0.256 e. The van der Waals surface area contributed by atoms with E-state index in [9.17, 15) is 17.6 Å². The number of fused-ring (bicyclic) bond motifs is 1. The number of benzene rings is 1. The van der Waals surface area contributed by atoms with Crippen molar-refractivity contribution >= 4 is 26.6 Å². The third kappa shape index (κ3) is 2.53. The highest BCUT2D eigenvalue weighted by Crippen LogP contribution is 2.23. The predicted molar refractivity (Wildman–Crippen MR) is 77.4 cm³/mol. The lowest BCUT2D eigenvalue weighted by molar-refractivity contribution is 0.0749. The summed E-state index contributed by atoms with van der Waals surface area (Å²) < 4.78 is 36.2. The third-order valence-corrected chi connectivity index (χ3v) is 5.70. The van der Waals surface area contributed by atoms with E-state index in [-0.39, 0.29) is 29.3 Å². The summed E-state index contributed by atoms with van der Waals surface area (Å²) in [5, 5.41) is 0.633. The fourth-order valence-electron chi connectivity index (χ4n) is 2.71. The van der Waals surface area contributed by atoms with Gasteiger partial charge in [-0.1, -0.05) is 0 Å². The molecule has 7 heteroatoms. The molecule has 0 saturated carbocycles. The molecule has 1 aliphatic heterocycles. The average molecular weight is 310 g/mol. The first-order valence-electron chi connectivity index (χ1n) is 6.61. The summed E-state index contributed by atoms with van der Waals surface area (Å²) >= 11 is 0. The Morgan fingerprint density at radius 1 is 1.43 bits per heavy atom. The van der Waals surface area contributed by atoms with Crippen LogP contribution in [0.15, 0.2) is 24.4 Å². The van der Waals surface area contributed by atoms with Crippen molar-refractivity contribution in [2.24, 2.45) is 0 Å². The summed E-state index contributed by atoms with van der Waals surface area (Å²) in [7, 11) is -1.43. The van der Waals surface area contributed by atoms with Gasteiger partial charge in [-0.15, -0.1) is 0 Å². The van der Waals surface area contributed by atoms with Crippen LogP contribution in [-0.2, 0) is 9.84 Å². The molecule has 1 aromatic carbocycles. The number of hydrogen-bond acceptors (Lipinski definition) is 3. The van der Waals surface area contributed by atoms with E-state index in [1.54, 1.807) is 13.1 Å². The average Bonchev–Trinajstić information content (AvgIpc) is 2.99. The first-order chi connectivity index (χ1) is 9.87. The molecule has 0 spiro atoms. The highest BCUT2D eigenvalue weighted by Gasteiger charge is 2.33. The quantitative estimate of drug-likeness (QED) is 0.915. The molecule has 0 bridgehead atoms. The van der Waals surface area contributed by atoms with Gasteiger partial charge in [0, 0.05) is 30.2 Å². The molecular weight excluding hydrogens is 295 g/mol. The van der Waals surface area contributed by atoms with Crippen molar-refractivity contribution in [3.63, 3.8) is 0 Å². The molecule has 2 heterocycles. The Hall–Kier alpha value is -1.89. The molecule has 2 aromatic rings. The van der Waals surface area contributed by atoms with Gasteiger partial charge in [-0.3, -0.25) is 4.79 Å². The number of carbonyl (C=O) groups excluding carboxylic acids is 1. The SMILES string of the molecule is CN(C(=O)c1c[nH]c2cc(F)ccc12)C1CCS(=O)(=O)C1. The van der Waals surface area contributed by atoms with E-state index in [1.165, 1.54) is 23.2 Å². The van der Waals surface area contributed by atoms with Crippen LogP contribution in [0.25, 0.3) is 10.9 Å². The van der Waals surface area contributed by atoms with E-state index >= 15 is 0 Å². The molecule has 21 heavy (non-hydrogen) atoms. The van der Waals surface area contributed by atoms with Crippen LogP contribution in [0.1, 0.15) is 16.8 Å². The summed E-state index contributed by atoms with van der Waals surface area (Å²) in [5.41, 5.74) is 0.975. The van der Waals surface area contributed by atoms with Crippen LogP contribution in [0.3, 0.4) is 0 Å². The summed E-state index contributed by atoms with van der Waals surface area (Å²) in [6, 6.07) is 3.88. The van der Waals surface area contributed by atoms with Gasteiger partial charge >= 0.3 is 0 Å². The highest BCUT2D eigenvalue weighted by atomic mass is 32.2. The Bertz CT molecular complexity index is 813. The Morgan fingerprint density at radius 3 is 2.86 bits per heavy atom. The van der Waals surface area contributed by atoms with Crippen molar-refractivity contribution < 1.29 is 17.6 Å². The van der Waals surface area contributed by atoms with Crippen LogP contribution in [0, 0.1) is 5.82 Å². The lowest BCUT2D eigenvalue weighted by Gasteiger charge is -2.23. The van der Waals surface area contributed by atoms with Gasteiger partial charge in [-0.2, -0.15) is 0 Å². The number of sulfone groups is 1. The minimum Gasteiger partial charge on any atom is -0.360 e. The number of hydrogen-bond donors (Lipinski definition) is 1. The molecule has 1 amide bonds. The largest absolute Gasteiger partial charge is 0.360 e. The van der Waals surface area contributed by atoms with E-state index in [0.29, 0.717) is 22.9 Å². The molecule has 1 unspecified atom stereocenters. The number of H-pyrrole nitrogens is 1. The minimum atomic E-state index is -3.04. The molecule has 1 fully saturated rings. The van der Waals surface area contributed by atoms with Crippen molar-refractivity contribution in [3.05, 3.63) is 35.8 Å². The van der Waals surface area contributed by atoms with Crippen LogP contribution in [0.2, 0.25) is 0 Å². The lowest BCUT2D eigenvalue weighted by atomic mass is 10.1. The first kappa shape index (κ1) is 14.1. The van der Waals surface area contributed by atoms with Gasteiger partial charge in [0.15, 0.2) is 9.84 Å². The predicted octanol–water partition coefficient (Wildman–Crippen LogP) is 1.57. The van der Waals surface area contributed by atoms with Crippen LogP contribution in [0.4, 0.5) is 4.39 Å². The first-order valence-corrected chi connectivity index (χ1v) is 8.44. The van der Waals surface area contributed by atoms with Crippen molar-refractivity contribution in [2.45, 2.75) is 12.5 Å². The third-order valence-electron chi connectivity index (χ3n) is 3.95. The second-order valence-electron chi connectivity index (χ2n) is 5.37. The number of nitrogens with zero attached hydrogens (tertiary/aromatic N) is 1. The number of halogens is 1. The molecule has 112 valence electrons. The van der Waals surface area contributed by atoms with Crippen molar-refractivity contribution in [1.82, 2.24) is 9.88 Å². The molecule has 0 radical (unpaired) electrons. The summed E-state index contributed by atoms with van der Waals surface area (Å²) in [6.07, 6.45) is 1.99. The molecule has 1 aromatic heterocycles. The highest BCUT2D eigenvalue weighted by molar-refractivity contribution is 7.91. The maximum absolute atomic E-state index is 13.2. The monoisotopic (exact) mass is 310 g/mol. The summed E-state index contributed by atoms with van der Waals surface area (Å²) in [4.78, 5) is 16.9. The Morgan fingerprint density at radius 2 is 2.19 bits per heavy atom. The molecule has 1 saturated heterocycles. The zero-order valence-corrected chi connectivity index (χ0v) is 12.3. The molecular formula is C14H15FN2O3S. The number of rotatable bonds is 2. The van der Waals surface area contributed by atoms with Crippen molar-refractivity contribution in [3.8, 4) is 0 Å². The second-order valence-corrected chi connectivity index (χ2v) is 7.59. The Balaban J connectivity index is 1.90. The molecule has 5 nitrogen and oxygen atoms in total. The van der Waals surface area contributed by atoms with Crippen LogP contribution in [0.5, 0.6) is 0 Å². The topological polar surface area (TPSA) is 70.2 Å². The van der Waals surface area contributed by atoms with Gasteiger partial charge in [0.2, 0.25) is 0 Å². The lowest BCUT2D eigenvalue weighted by Crippen LogP contribution is -2.37. The number of amides is 1. The van der Waals surface area contributed by atoms with Gasteiger partial charge in [-0.05, 0) is 24.6 Å².